The Balaban J connectivity index is 1.89. The van der Waals surface area contributed by atoms with E-state index in [2.05, 4.69) is 10.3 Å². The Morgan fingerprint density at radius 2 is 1.82 bits per heavy atom. The molecule has 22 heavy (non-hydrogen) atoms. The van der Waals surface area contributed by atoms with E-state index in [1.807, 2.05) is 26.0 Å². The molecule has 2 N–H and O–H groups in total. The van der Waals surface area contributed by atoms with Crippen LogP contribution in [0, 0.1) is 0 Å². The maximum atomic E-state index is 11.9. The van der Waals surface area contributed by atoms with Crippen LogP contribution in [0.5, 0.6) is 5.75 Å². The molecule has 1 unspecified atom stereocenters. The van der Waals surface area contributed by atoms with Crippen LogP contribution >= 0.6 is 0 Å². The van der Waals surface area contributed by atoms with E-state index in [0.717, 1.165) is 11.3 Å². The number of aromatic nitrogens is 1. The molecule has 1 amide bonds. The molecule has 0 spiro atoms. The van der Waals surface area contributed by atoms with Crippen molar-refractivity contribution in [3.63, 3.8) is 0 Å². The fraction of sp³-hybridized carbons (Fsp3) is 0.294. The van der Waals surface area contributed by atoms with Crippen molar-refractivity contribution in [2.24, 2.45) is 0 Å². The smallest absolute Gasteiger partial charge is 0.251 e. The van der Waals surface area contributed by atoms with Crippen LogP contribution in [0.25, 0.3) is 0 Å². The van der Waals surface area contributed by atoms with Crippen LogP contribution in [0.4, 0.5) is 0 Å². The standard InChI is InChI=1S/C17H20N2O3/c1-12(2)22-15-5-3-13(4-6-15)16(20)11-19-17(21)14-7-9-18-10-8-14/h3-10,12,16,20H,11H2,1-2H3,(H,19,21). The average molecular weight is 300 g/mol. The first-order valence-corrected chi connectivity index (χ1v) is 7.19. The summed E-state index contributed by atoms with van der Waals surface area (Å²) in [5.41, 5.74) is 1.24. The fourth-order valence-corrected chi connectivity index (χ4v) is 1.95. The maximum absolute atomic E-state index is 11.9. The van der Waals surface area contributed by atoms with E-state index in [-0.39, 0.29) is 18.6 Å². The van der Waals surface area contributed by atoms with E-state index in [9.17, 15) is 9.90 Å². The SMILES string of the molecule is CC(C)Oc1ccc(C(O)CNC(=O)c2ccncc2)cc1. The Kier molecular flexibility index (Phi) is 5.49. The van der Waals surface area contributed by atoms with Gasteiger partial charge in [-0.3, -0.25) is 9.78 Å². The van der Waals surface area contributed by atoms with Crippen LogP contribution in [-0.4, -0.2) is 28.6 Å². The van der Waals surface area contributed by atoms with Crippen LogP contribution in [0.1, 0.15) is 35.9 Å². The van der Waals surface area contributed by atoms with Gasteiger partial charge in [-0.05, 0) is 43.7 Å². The number of benzene rings is 1. The Morgan fingerprint density at radius 1 is 1.18 bits per heavy atom. The highest BCUT2D eigenvalue weighted by atomic mass is 16.5. The third-order valence-electron chi connectivity index (χ3n) is 3.04. The number of hydrogen-bond donors (Lipinski definition) is 2. The molecule has 1 atom stereocenters. The van der Waals surface area contributed by atoms with Gasteiger partial charge in [-0.15, -0.1) is 0 Å². The van der Waals surface area contributed by atoms with Gasteiger partial charge in [0, 0.05) is 24.5 Å². The molecule has 2 aromatic rings. The van der Waals surface area contributed by atoms with E-state index >= 15 is 0 Å². The van der Waals surface area contributed by atoms with Crippen molar-refractivity contribution in [2.45, 2.75) is 26.1 Å². The van der Waals surface area contributed by atoms with Gasteiger partial charge < -0.3 is 15.2 Å². The number of nitrogens with one attached hydrogen (secondary N) is 1. The molecule has 5 heteroatoms. The average Bonchev–Trinajstić information content (AvgIpc) is 2.53. The van der Waals surface area contributed by atoms with Crippen molar-refractivity contribution in [1.29, 1.82) is 0 Å². The third kappa shape index (κ3) is 4.56. The minimum Gasteiger partial charge on any atom is -0.491 e. The Hall–Kier alpha value is -2.40. The number of rotatable bonds is 6. The van der Waals surface area contributed by atoms with Crippen molar-refractivity contribution in [2.75, 3.05) is 6.54 Å². The van der Waals surface area contributed by atoms with Gasteiger partial charge >= 0.3 is 0 Å². The summed E-state index contributed by atoms with van der Waals surface area (Å²) in [6.07, 6.45) is 2.45. The minimum absolute atomic E-state index is 0.107. The number of amides is 1. The zero-order chi connectivity index (χ0) is 15.9. The van der Waals surface area contributed by atoms with E-state index in [0.29, 0.717) is 5.56 Å². The number of ether oxygens (including phenoxy) is 1. The Labute approximate surface area is 130 Å². The van der Waals surface area contributed by atoms with Crippen LogP contribution in [0.2, 0.25) is 0 Å². The Bertz CT molecular complexity index is 597. The van der Waals surface area contributed by atoms with Crippen LogP contribution in [0.3, 0.4) is 0 Å². The molecule has 5 nitrogen and oxygen atoms in total. The Morgan fingerprint density at radius 3 is 2.41 bits per heavy atom. The highest BCUT2D eigenvalue weighted by molar-refractivity contribution is 5.93. The van der Waals surface area contributed by atoms with E-state index in [1.165, 1.54) is 0 Å². The number of aliphatic hydroxyl groups is 1. The second kappa shape index (κ2) is 7.56. The summed E-state index contributed by atoms with van der Waals surface area (Å²) < 4.78 is 5.55. The summed E-state index contributed by atoms with van der Waals surface area (Å²) in [6.45, 7) is 4.06. The molecular formula is C17H20N2O3. The molecule has 0 aliphatic carbocycles. The van der Waals surface area contributed by atoms with Gasteiger partial charge in [-0.2, -0.15) is 0 Å². The minimum atomic E-state index is -0.765. The first-order valence-electron chi connectivity index (χ1n) is 7.19. The molecule has 116 valence electrons. The lowest BCUT2D eigenvalue weighted by atomic mass is 10.1. The van der Waals surface area contributed by atoms with Gasteiger partial charge in [-0.1, -0.05) is 12.1 Å². The second-order valence-corrected chi connectivity index (χ2v) is 5.20. The van der Waals surface area contributed by atoms with Gasteiger partial charge in [0.05, 0.1) is 12.2 Å². The number of hydrogen-bond acceptors (Lipinski definition) is 4. The van der Waals surface area contributed by atoms with Gasteiger partial charge in [0.2, 0.25) is 0 Å². The molecule has 1 aromatic carbocycles. The lowest BCUT2D eigenvalue weighted by Crippen LogP contribution is -2.28. The van der Waals surface area contributed by atoms with Gasteiger partial charge in [-0.25, -0.2) is 0 Å². The fourth-order valence-electron chi connectivity index (χ4n) is 1.95. The normalized spacial score (nSPS) is 12.0. The number of nitrogens with zero attached hydrogens (tertiary/aromatic N) is 1. The highest BCUT2D eigenvalue weighted by Gasteiger charge is 2.11. The first kappa shape index (κ1) is 16.0. The lowest BCUT2D eigenvalue weighted by Gasteiger charge is -2.14. The summed E-state index contributed by atoms with van der Waals surface area (Å²) in [7, 11) is 0. The van der Waals surface area contributed by atoms with E-state index < -0.39 is 6.10 Å². The molecule has 0 aliphatic heterocycles. The zero-order valence-electron chi connectivity index (χ0n) is 12.7. The summed E-state index contributed by atoms with van der Waals surface area (Å²) in [5, 5.41) is 12.8. The molecule has 0 bridgehead atoms. The predicted octanol–water partition coefficient (Wildman–Crippen LogP) is 2.33. The number of carbonyl (C=O) groups is 1. The van der Waals surface area contributed by atoms with Crippen molar-refractivity contribution in [3.05, 3.63) is 59.9 Å². The number of pyridine rings is 1. The molecule has 0 radical (unpaired) electrons. The van der Waals surface area contributed by atoms with Gasteiger partial charge in [0.1, 0.15) is 5.75 Å². The molecule has 1 aromatic heterocycles. The zero-order valence-corrected chi connectivity index (χ0v) is 12.7. The van der Waals surface area contributed by atoms with Crippen molar-refractivity contribution < 1.29 is 14.6 Å². The topological polar surface area (TPSA) is 71.5 Å². The second-order valence-electron chi connectivity index (χ2n) is 5.20. The third-order valence-corrected chi connectivity index (χ3v) is 3.04. The quantitative estimate of drug-likeness (QED) is 0.859. The summed E-state index contributed by atoms with van der Waals surface area (Å²) in [4.78, 5) is 15.7. The molecule has 1 heterocycles. The van der Waals surface area contributed by atoms with Crippen molar-refractivity contribution >= 4 is 5.91 Å². The van der Waals surface area contributed by atoms with Crippen LogP contribution < -0.4 is 10.1 Å². The van der Waals surface area contributed by atoms with Crippen LogP contribution in [-0.2, 0) is 0 Å². The maximum Gasteiger partial charge on any atom is 0.251 e. The van der Waals surface area contributed by atoms with Gasteiger partial charge in [0.25, 0.3) is 5.91 Å². The predicted molar refractivity (Wildman–Crippen MR) is 83.7 cm³/mol. The number of aliphatic hydroxyl groups excluding tert-OH is 1. The lowest BCUT2D eigenvalue weighted by molar-refractivity contribution is 0.0916. The largest absolute Gasteiger partial charge is 0.491 e. The molecule has 0 fully saturated rings. The van der Waals surface area contributed by atoms with Crippen LogP contribution in [0.15, 0.2) is 48.8 Å². The summed E-state index contributed by atoms with van der Waals surface area (Å²) >= 11 is 0. The molecule has 2 rings (SSSR count). The monoisotopic (exact) mass is 300 g/mol. The molecular weight excluding hydrogens is 280 g/mol. The van der Waals surface area contributed by atoms with Crippen molar-refractivity contribution in [1.82, 2.24) is 10.3 Å². The highest BCUT2D eigenvalue weighted by Crippen LogP contribution is 2.18. The van der Waals surface area contributed by atoms with E-state index in [4.69, 9.17) is 4.74 Å². The molecule has 0 saturated carbocycles. The number of carbonyl (C=O) groups excluding carboxylic acids is 1. The molecule has 0 saturated heterocycles. The summed E-state index contributed by atoms with van der Waals surface area (Å²) in [6, 6.07) is 10.5. The van der Waals surface area contributed by atoms with Crippen molar-refractivity contribution in [3.8, 4) is 5.75 Å². The summed E-state index contributed by atoms with van der Waals surface area (Å²) in [5.74, 6) is 0.521. The van der Waals surface area contributed by atoms with E-state index in [1.54, 1.807) is 36.7 Å². The molecule has 0 aliphatic rings. The first-order chi connectivity index (χ1) is 10.6. The van der Waals surface area contributed by atoms with Gasteiger partial charge in [0.15, 0.2) is 0 Å².